The van der Waals surface area contributed by atoms with Crippen LogP contribution in [0.4, 0.5) is 4.79 Å². The van der Waals surface area contributed by atoms with Crippen LogP contribution in [0.2, 0.25) is 0 Å². The maximum Gasteiger partial charge on any atom is 0.407 e. The number of amides is 2. The summed E-state index contributed by atoms with van der Waals surface area (Å²) in [5.41, 5.74) is -0.444. The Hall–Kier alpha value is -1.26. The minimum atomic E-state index is -0.444. The predicted octanol–water partition coefficient (Wildman–Crippen LogP) is 3.38. The fraction of sp³-hybridized carbons (Fsp3) is 0.875. The van der Waals surface area contributed by atoms with Crippen molar-refractivity contribution in [2.24, 2.45) is 0 Å². The van der Waals surface area contributed by atoms with Gasteiger partial charge in [0.05, 0.1) is 0 Å². The van der Waals surface area contributed by atoms with E-state index in [0.29, 0.717) is 13.0 Å². The van der Waals surface area contributed by atoms with Gasteiger partial charge < -0.3 is 15.4 Å². The molecule has 2 N–H and O–H groups in total. The van der Waals surface area contributed by atoms with E-state index >= 15 is 0 Å². The number of rotatable bonds is 10. The van der Waals surface area contributed by atoms with Crippen LogP contribution in [0.25, 0.3) is 0 Å². The van der Waals surface area contributed by atoms with Crippen molar-refractivity contribution in [1.82, 2.24) is 10.6 Å². The Morgan fingerprint density at radius 2 is 1.48 bits per heavy atom. The summed E-state index contributed by atoms with van der Waals surface area (Å²) in [6, 6.07) is 0. The first-order chi connectivity index (χ1) is 9.85. The van der Waals surface area contributed by atoms with Gasteiger partial charge in [0.2, 0.25) is 5.91 Å². The van der Waals surface area contributed by atoms with Gasteiger partial charge in [0.1, 0.15) is 5.60 Å². The van der Waals surface area contributed by atoms with Crippen LogP contribution in [-0.2, 0) is 9.53 Å². The van der Waals surface area contributed by atoms with Gasteiger partial charge >= 0.3 is 6.09 Å². The maximum atomic E-state index is 11.4. The van der Waals surface area contributed by atoms with Crippen LogP contribution in [0.3, 0.4) is 0 Å². The van der Waals surface area contributed by atoms with Gasteiger partial charge in [-0.2, -0.15) is 0 Å². The lowest BCUT2D eigenvalue weighted by atomic mass is 10.2. The van der Waals surface area contributed by atoms with E-state index in [-0.39, 0.29) is 12.0 Å². The summed E-state index contributed by atoms with van der Waals surface area (Å²) < 4.78 is 5.14. The zero-order chi connectivity index (χ0) is 16.1. The second-order valence-electron chi connectivity index (χ2n) is 6.30. The summed E-state index contributed by atoms with van der Waals surface area (Å²) in [7, 11) is 0. The molecule has 0 fully saturated rings. The minimum absolute atomic E-state index is 0.156. The zero-order valence-electron chi connectivity index (χ0n) is 14.1. The summed E-state index contributed by atoms with van der Waals surface area (Å²) in [5.74, 6) is 0.156. The standard InChI is InChI=1S/C16H32N2O3/c1-5-6-11-14(19)17-12-9-7-8-10-13-18-15(20)21-16(2,3)4/h5-13H2,1-4H3,(H,17,19)(H,18,20). The molecular formula is C16H32N2O3. The monoisotopic (exact) mass is 300 g/mol. The van der Waals surface area contributed by atoms with Gasteiger partial charge in [-0.15, -0.1) is 0 Å². The molecule has 0 bridgehead atoms. The molecule has 2 amide bonds. The first kappa shape index (κ1) is 19.7. The third-order valence-corrected chi connectivity index (χ3v) is 2.85. The largest absolute Gasteiger partial charge is 0.444 e. The summed E-state index contributed by atoms with van der Waals surface area (Å²) in [6.07, 6.45) is 6.32. The highest BCUT2D eigenvalue weighted by atomic mass is 16.6. The topological polar surface area (TPSA) is 67.4 Å². The predicted molar refractivity (Wildman–Crippen MR) is 85.2 cm³/mol. The molecule has 5 nitrogen and oxygen atoms in total. The fourth-order valence-electron chi connectivity index (χ4n) is 1.76. The van der Waals surface area contributed by atoms with Crippen LogP contribution in [0.1, 0.15) is 72.6 Å². The first-order valence-electron chi connectivity index (χ1n) is 8.08. The molecule has 5 heteroatoms. The van der Waals surface area contributed by atoms with Gasteiger partial charge in [-0.25, -0.2) is 4.79 Å². The van der Waals surface area contributed by atoms with Gasteiger partial charge in [0.15, 0.2) is 0 Å². The quantitative estimate of drug-likeness (QED) is 0.608. The molecule has 0 aliphatic carbocycles. The van der Waals surface area contributed by atoms with Crippen molar-refractivity contribution < 1.29 is 14.3 Å². The Balaban J connectivity index is 3.33. The molecule has 0 atom stereocenters. The Morgan fingerprint density at radius 3 is 2.00 bits per heavy atom. The van der Waals surface area contributed by atoms with Crippen LogP contribution >= 0.6 is 0 Å². The van der Waals surface area contributed by atoms with Crippen molar-refractivity contribution in [3.63, 3.8) is 0 Å². The summed E-state index contributed by atoms with van der Waals surface area (Å²) in [4.78, 5) is 22.7. The van der Waals surface area contributed by atoms with Crippen LogP contribution in [0, 0.1) is 0 Å². The lowest BCUT2D eigenvalue weighted by molar-refractivity contribution is -0.121. The molecule has 0 aromatic rings. The molecule has 0 saturated carbocycles. The fourth-order valence-corrected chi connectivity index (χ4v) is 1.76. The number of unbranched alkanes of at least 4 members (excludes halogenated alkanes) is 4. The van der Waals surface area contributed by atoms with E-state index in [4.69, 9.17) is 4.74 Å². The normalized spacial score (nSPS) is 11.0. The summed E-state index contributed by atoms with van der Waals surface area (Å²) in [6.45, 7) is 9.02. The number of carbonyl (C=O) groups excluding carboxylic acids is 2. The molecule has 0 aromatic heterocycles. The first-order valence-corrected chi connectivity index (χ1v) is 8.08. The number of carbonyl (C=O) groups is 2. The highest BCUT2D eigenvalue weighted by molar-refractivity contribution is 5.75. The average molecular weight is 300 g/mol. The molecule has 0 spiro atoms. The molecule has 0 saturated heterocycles. The zero-order valence-corrected chi connectivity index (χ0v) is 14.1. The van der Waals surface area contributed by atoms with Crippen LogP contribution in [0.5, 0.6) is 0 Å². The number of ether oxygens (including phenoxy) is 1. The lowest BCUT2D eigenvalue weighted by Gasteiger charge is -2.19. The number of nitrogens with one attached hydrogen (secondary N) is 2. The van der Waals surface area contributed by atoms with E-state index in [0.717, 1.165) is 45.1 Å². The van der Waals surface area contributed by atoms with Gasteiger partial charge in [-0.3, -0.25) is 4.79 Å². The van der Waals surface area contributed by atoms with Crippen LogP contribution in [-0.4, -0.2) is 30.7 Å². The summed E-state index contributed by atoms with van der Waals surface area (Å²) in [5, 5.41) is 5.66. The lowest BCUT2D eigenvalue weighted by Crippen LogP contribution is -2.33. The van der Waals surface area contributed by atoms with E-state index in [2.05, 4.69) is 17.6 Å². The summed E-state index contributed by atoms with van der Waals surface area (Å²) >= 11 is 0. The average Bonchev–Trinajstić information content (AvgIpc) is 2.37. The highest BCUT2D eigenvalue weighted by Gasteiger charge is 2.15. The maximum absolute atomic E-state index is 11.4. The molecule has 0 aromatic carbocycles. The molecule has 0 heterocycles. The van der Waals surface area contributed by atoms with Gasteiger partial charge in [0.25, 0.3) is 0 Å². The third kappa shape index (κ3) is 15.0. The van der Waals surface area contributed by atoms with Crippen molar-refractivity contribution in [2.75, 3.05) is 13.1 Å². The molecular weight excluding hydrogens is 268 g/mol. The van der Waals surface area contributed by atoms with Gasteiger partial charge in [-0.05, 0) is 40.0 Å². The van der Waals surface area contributed by atoms with Crippen molar-refractivity contribution in [2.45, 2.75) is 78.2 Å². The van der Waals surface area contributed by atoms with Crippen molar-refractivity contribution in [3.05, 3.63) is 0 Å². The SMILES string of the molecule is CCCCC(=O)NCCCCCCNC(=O)OC(C)(C)C. The van der Waals surface area contributed by atoms with Crippen LogP contribution in [0.15, 0.2) is 0 Å². The molecule has 0 aliphatic rings. The molecule has 124 valence electrons. The molecule has 0 aliphatic heterocycles. The van der Waals surface area contributed by atoms with E-state index in [1.807, 2.05) is 20.8 Å². The Labute approximate surface area is 129 Å². The highest BCUT2D eigenvalue weighted by Crippen LogP contribution is 2.06. The number of hydrogen-bond donors (Lipinski definition) is 2. The van der Waals surface area contributed by atoms with E-state index in [1.165, 1.54) is 0 Å². The number of hydrogen-bond acceptors (Lipinski definition) is 3. The van der Waals surface area contributed by atoms with Crippen LogP contribution < -0.4 is 10.6 Å². The second kappa shape index (κ2) is 11.4. The molecule has 0 radical (unpaired) electrons. The Kier molecular flexibility index (Phi) is 10.7. The minimum Gasteiger partial charge on any atom is -0.444 e. The van der Waals surface area contributed by atoms with Gasteiger partial charge in [-0.1, -0.05) is 26.2 Å². The smallest absolute Gasteiger partial charge is 0.407 e. The van der Waals surface area contributed by atoms with Gasteiger partial charge in [0, 0.05) is 19.5 Å². The molecule has 0 unspecified atom stereocenters. The number of alkyl carbamates (subject to hydrolysis) is 1. The molecule has 0 rings (SSSR count). The van der Waals surface area contributed by atoms with Crippen molar-refractivity contribution in [1.29, 1.82) is 0 Å². The molecule has 21 heavy (non-hydrogen) atoms. The van der Waals surface area contributed by atoms with E-state index in [1.54, 1.807) is 0 Å². The third-order valence-electron chi connectivity index (χ3n) is 2.85. The second-order valence-corrected chi connectivity index (χ2v) is 6.30. The van der Waals surface area contributed by atoms with Crippen molar-refractivity contribution in [3.8, 4) is 0 Å². The van der Waals surface area contributed by atoms with E-state index < -0.39 is 5.60 Å². The Bertz CT molecular complexity index is 298. The van der Waals surface area contributed by atoms with Crippen molar-refractivity contribution >= 4 is 12.0 Å². The Morgan fingerprint density at radius 1 is 0.905 bits per heavy atom. The van der Waals surface area contributed by atoms with E-state index in [9.17, 15) is 9.59 Å².